The van der Waals surface area contributed by atoms with E-state index < -0.39 is 5.41 Å². The molecule has 310 valence electrons. The maximum absolute atomic E-state index is 2.45. The first-order valence-corrected chi connectivity index (χ1v) is 22.8. The summed E-state index contributed by atoms with van der Waals surface area (Å²) >= 11 is 0. The predicted octanol–water partition coefficient (Wildman–Crippen LogP) is 17.3. The zero-order chi connectivity index (χ0) is 43.9. The van der Waals surface area contributed by atoms with Crippen LogP contribution in [0.2, 0.25) is 0 Å². The van der Waals surface area contributed by atoms with Gasteiger partial charge in [0.25, 0.3) is 0 Å². The molecule has 0 spiro atoms. The molecule has 0 radical (unpaired) electrons. The van der Waals surface area contributed by atoms with Crippen LogP contribution in [0.3, 0.4) is 0 Å². The molecular weight excluding hydrogens is 795 g/mol. The Labute approximate surface area is 387 Å². The normalized spacial score (nSPS) is 12.4. The molecule has 0 bridgehead atoms. The molecule has 1 aliphatic rings. The maximum atomic E-state index is 2.45. The fourth-order valence-corrected chi connectivity index (χ4v) is 10.5. The van der Waals surface area contributed by atoms with Gasteiger partial charge in [0, 0.05) is 17.1 Å². The van der Waals surface area contributed by atoms with Crippen molar-refractivity contribution in [2.45, 2.75) is 5.41 Å². The van der Waals surface area contributed by atoms with E-state index >= 15 is 0 Å². The molecule has 0 aromatic heterocycles. The molecule has 11 aromatic carbocycles. The van der Waals surface area contributed by atoms with Gasteiger partial charge in [0.05, 0.1) is 5.41 Å². The van der Waals surface area contributed by atoms with Crippen molar-refractivity contribution in [2.75, 3.05) is 4.90 Å². The lowest BCUT2D eigenvalue weighted by atomic mass is 9.67. The third-order valence-electron chi connectivity index (χ3n) is 13.6. The van der Waals surface area contributed by atoms with Crippen LogP contribution in [0.25, 0.3) is 66.4 Å². The summed E-state index contributed by atoms with van der Waals surface area (Å²) in [7, 11) is 0. The van der Waals surface area contributed by atoms with Gasteiger partial charge in [0.1, 0.15) is 0 Å². The van der Waals surface area contributed by atoms with Gasteiger partial charge >= 0.3 is 0 Å². The summed E-state index contributed by atoms with van der Waals surface area (Å²) in [4.78, 5) is 2.42. The molecule has 0 N–H and O–H groups in total. The van der Waals surface area contributed by atoms with Crippen LogP contribution in [0.15, 0.2) is 273 Å². The average Bonchev–Trinajstić information content (AvgIpc) is 3.70. The number of fused-ring (bicyclic) bond motifs is 4. The second kappa shape index (κ2) is 16.6. The van der Waals surface area contributed by atoms with Crippen LogP contribution < -0.4 is 4.90 Å². The molecule has 0 aliphatic heterocycles. The summed E-state index contributed by atoms with van der Waals surface area (Å²) in [5.41, 5.74) is 20.0. The van der Waals surface area contributed by atoms with E-state index in [2.05, 4.69) is 278 Å². The Morgan fingerprint density at radius 3 is 1.32 bits per heavy atom. The van der Waals surface area contributed by atoms with Crippen LogP contribution in [0.4, 0.5) is 17.1 Å². The van der Waals surface area contributed by atoms with Crippen LogP contribution in [-0.4, -0.2) is 0 Å². The van der Waals surface area contributed by atoms with E-state index in [4.69, 9.17) is 0 Å². The largest absolute Gasteiger partial charge is 0.310 e. The standard InChI is InChI=1S/C65H45N/c1-4-18-48(19-5-1)59-27-12-13-28-60(59)49-35-39-57(40-36-49)66(56-37-33-47(34-38-56)51-21-16-22-52(43-51)53-32-31-46-17-10-11-20-50(46)44-53)58-41-42-62-61-29-14-15-30-63(61)65(64(62)45-58,54-23-6-2-7-24-54)55-25-8-3-9-26-55/h1-45H. The van der Waals surface area contributed by atoms with Crippen LogP contribution in [0.1, 0.15) is 22.3 Å². The number of benzene rings is 11. The molecule has 66 heavy (non-hydrogen) atoms. The van der Waals surface area contributed by atoms with Gasteiger partial charge in [0.2, 0.25) is 0 Å². The van der Waals surface area contributed by atoms with Gasteiger partial charge < -0.3 is 4.90 Å². The topological polar surface area (TPSA) is 3.24 Å². The molecule has 0 atom stereocenters. The molecule has 1 aliphatic carbocycles. The Morgan fingerprint density at radius 1 is 0.227 bits per heavy atom. The van der Waals surface area contributed by atoms with E-state index in [1.165, 1.54) is 88.7 Å². The quantitative estimate of drug-likeness (QED) is 0.140. The molecule has 0 fully saturated rings. The summed E-state index contributed by atoms with van der Waals surface area (Å²) in [5, 5.41) is 2.50. The Balaban J connectivity index is 1.000. The number of rotatable bonds is 9. The summed E-state index contributed by atoms with van der Waals surface area (Å²) in [6.45, 7) is 0. The van der Waals surface area contributed by atoms with E-state index in [9.17, 15) is 0 Å². The van der Waals surface area contributed by atoms with Crippen molar-refractivity contribution in [3.63, 3.8) is 0 Å². The SMILES string of the molecule is c1ccc(-c2ccccc2-c2ccc(N(c3ccc(-c4cccc(-c5ccc6ccccc6c5)c4)cc3)c3ccc4c(c3)C(c3ccccc3)(c3ccccc3)c3ccccc3-4)cc2)cc1. The van der Waals surface area contributed by atoms with Crippen LogP contribution in [-0.2, 0) is 5.41 Å². The van der Waals surface area contributed by atoms with Crippen LogP contribution in [0, 0.1) is 0 Å². The van der Waals surface area contributed by atoms with Crippen molar-refractivity contribution in [2.24, 2.45) is 0 Å². The molecule has 11 aromatic rings. The lowest BCUT2D eigenvalue weighted by molar-refractivity contribution is 0.768. The number of hydrogen-bond donors (Lipinski definition) is 0. The van der Waals surface area contributed by atoms with E-state index in [0.29, 0.717) is 0 Å². The van der Waals surface area contributed by atoms with E-state index in [1.807, 2.05) is 0 Å². The summed E-state index contributed by atoms with van der Waals surface area (Å²) < 4.78 is 0. The minimum atomic E-state index is -0.513. The van der Waals surface area contributed by atoms with Crippen molar-refractivity contribution in [1.82, 2.24) is 0 Å². The van der Waals surface area contributed by atoms with Gasteiger partial charge in [-0.3, -0.25) is 0 Å². The lowest BCUT2D eigenvalue weighted by Gasteiger charge is -2.35. The van der Waals surface area contributed by atoms with Gasteiger partial charge in [0.15, 0.2) is 0 Å². The van der Waals surface area contributed by atoms with E-state index in [1.54, 1.807) is 0 Å². The lowest BCUT2D eigenvalue weighted by Crippen LogP contribution is -2.28. The minimum absolute atomic E-state index is 0.513. The van der Waals surface area contributed by atoms with Crippen molar-refractivity contribution in [1.29, 1.82) is 0 Å². The first-order chi connectivity index (χ1) is 32.7. The Hall–Kier alpha value is -8.52. The summed E-state index contributed by atoms with van der Waals surface area (Å²) in [6, 6.07) is 100. The zero-order valence-electron chi connectivity index (χ0n) is 36.4. The summed E-state index contributed by atoms with van der Waals surface area (Å²) in [6.07, 6.45) is 0. The molecule has 1 nitrogen and oxygen atoms in total. The molecule has 0 heterocycles. The molecule has 12 rings (SSSR count). The number of anilines is 3. The van der Waals surface area contributed by atoms with Crippen LogP contribution >= 0.6 is 0 Å². The zero-order valence-corrected chi connectivity index (χ0v) is 36.4. The average molecular weight is 840 g/mol. The van der Waals surface area contributed by atoms with Crippen molar-refractivity contribution in [3.05, 3.63) is 295 Å². The van der Waals surface area contributed by atoms with Crippen molar-refractivity contribution >= 4 is 27.8 Å². The number of hydrogen-bond acceptors (Lipinski definition) is 1. The van der Waals surface area contributed by atoms with Crippen molar-refractivity contribution < 1.29 is 0 Å². The third-order valence-corrected chi connectivity index (χ3v) is 13.6. The van der Waals surface area contributed by atoms with Gasteiger partial charge in [-0.05, 0) is 137 Å². The second-order valence-electron chi connectivity index (χ2n) is 17.2. The number of nitrogens with zero attached hydrogens (tertiary/aromatic N) is 1. The Kier molecular flexibility index (Phi) is 9.81. The molecule has 0 amide bonds. The van der Waals surface area contributed by atoms with Gasteiger partial charge in [-0.2, -0.15) is 0 Å². The fraction of sp³-hybridized carbons (Fsp3) is 0.0154. The first-order valence-electron chi connectivity index (χ1n) is 22.8. The minimum Gasteiger partial charge on any atom is -0.310 e. The maximum Gasteiger partial charge on any atom is 0.0714 e. The highest BCUT2D eigenvalue weighted by Gasteiger charge is 2.46. The van der Waals surface area contributed by atoms with E-state index in [-0.39, 0.29) is 0 Å². The highest BCUT2D eigenvalue weighted by Crippen LogP contribution is 2.57. The first kappa shape index (κ1) is 39.1. The van der Waals surface area contributed by atoms with Gasteiger partial charge in [-0.15, -0.1) is 0 Å². The fourth-order valence-electron chi connectivity index (χ4n) is 10.5. The Bertz CT molecular complexity index is 3460. The third kappa shape index (κ3) is 6.73. The Morgan fingerprint density at radius 2 is 0.667 bits per heavy atom. The smallest absolute Gasteiger partial charge is 0.0714 e. The van der Waals surface area contributed by atoms with Crippen molar-refractivity contribution in [3.8, 4) is 55.6 Å². The van der Waals surface area contributed by atoms with Gasteiger partial charge in [-0.1, -0.05) is 224 Å². The monoisotopic (exact) mass is 839 g/mol. The van der Waals surface area contributed by atoms with E-state index in [0.717, 1.165) is 17.1 Å². The summed E-state index contributed by atoms with van der Waals surface area (Å²) in [5.74, 6) is 0. The molecule has 1 heteroatoms. The van der Waals surface area contributed by atoms with Gasteiger partial charge in [-0.25, -0.2) is 0 Å². The molecule has 0 saturated carbocycles. The molecule has 0 unspecified atom stereocenters. The van der Waals surface area contributed by atoms with Crippen LogP contribution in [0.5, 0.6) is 0 Å². The molecular formula is C65H45N. The highest BCUT2D eigenvalue weighted by molar-refractivity contribution is 5.91. The predicted molar refractivity (Wildman–Crippen MR) is 278 cm³/mol. The molecule has 0 saturated heterocycles. The highest BCUT2D eigenvalue weighted by atomic mass is 15.1. The second-order valence-corrected chi connectivity index (χ2v) is 17.2.